The standard InChI is InChI=1S/C53H104N4O6/c1-6-10-14-18-20-26-34-48(32-24-16-12-8-3)46-62-52(60)36-28-22-30-40-55-50(58)38-43-57(45-42-54-5)44-39-51(59)56-41-31-23-29-37-53(61)63-47-49(33-25-17-13-9-4)35-27-21-19-15-11-7-2/h48-49,54H,6-47H2,1-5H3,(H,55,58)(H,56,59). The lowest BCUT2D eigenvalue weighted by Crippen LogP contribution is -2.37. The third kappa shape index (κ3) is 43.5. The monoisotopic (exact) mass is 893 g/mol. The molecule has 0 aromatic carbocycles. The second-order valence-electron chi connectivity index (χ2n) is 18.7. The van der Waals surface area contributed by atoms with E-state index in [-0.39, 0.29) is 23.8 Å². The minimum atomic E-state index is -0.0877. The fraction of sp³-hybridized carbons (Fsp3) is 0.925. The number of hydrogen-bond acceptors (Lipinski definition) is 8. The minimum absolute atomic E-state index is 0.0166. The van der Waals surface area contributed by atoms with Crippen LogP contribution in [0, 0.1) is 11.8 Å². The molecule has 0 saturated carbocycles. The molecule has 10 heteroatoms. The zero-order chi connectivity index (χ0) is 46.3. The molecule has 0 aliphatic heterocycles. The first-order chi connectivity index (χ1) is 30.8. The van der Waals surface area contributed by atoms with E-state index in [0.717, 1.165) is 77.3 Å². The molecule has 3 N–H and O–H groups in total. The lowest BCUT2D eigenvalue weighted by Gasteiger charge is -2.21. The lowest BCUT2D eigenvalue weighted by atomic mass is 9.95. The highest BCUT2D eigenvalue weighted by Gasteiger charge is 2.15. The Hall–Kier alpha value is -2.20. The molecule has 10 nitrogen and oxygen atoms in total. The zero-order valence-electron chi connectivity index (χ0n) is 42.2. The summed E-state index contributed by atoms with van der Waals surface area (Å²) in [6, 6.07) is 0. The van der Waals surface area contributed by atoms with Crippen LogP contribution in [0.3, 0.4) is 0 Å². The second kappa shape index (κ2) is 47.8. The molecule has 0 heterocycles. The molecule has 0 fully saturated rings. The van der Waals surface area contributed by atoms with Crippen LogP contribution >= 0.6 is 0 Å². The number of likely N-dealkylation sites (N-methyl/N-ethyl adjacent to an activating group) is 1. The van der Waals surface area contributed by atoms with Crippen LogP contribution in [0.5, 0.6) is 0 Å². The molecule has 372 valence electrons. The number of hydrogen-bond donors (Lipinski definition) is 3. The van der Waals surface area contributed by atoms with Gasteiger partial charge in [0, 0.05) is 65.0 Å². The normalized spacial score (nSPS) is 12.3. The van der Waals surface area contributed by atoms with E-state index in [9.17, 15) is 19.2 Å². The van der Waals surface area contributed by atoms with Crippen molar-refractivity contribution in [3.05, 3.63) is 0 Å². The molecule has 2 atom stereocenters. The number of carbonyl (C=O) groups excluding carboxylic acids is 4. The van der Waals surface area contributed by atoms with Crippen LogP contribution in [0.4, 0.5) is 0 Å². The van der Waals surface area contributed by atoms with Crippen molar-refractivity contribution < 1.29 is 28.7 Å². The van der Waals surface area contributed by atoms with Gasteiger partial charge in [-0.1, -0.05) is 169 Å². The van der Waals surface area contributed by atoms with Gasteiger partial charge in [0.15, 0.2) is 0 Å². The molecule has 0 radical (unpaired) electrons. The summed E-state index contributed by atoms with van der Waals surface area (Å²) in [4.78, 5) is 52.5. The molecular weight excluding hydrogens is 789 g/mol. The highest BCUT2D eigenvalue weighted by atomic mass is 16.5. The Bertz CT molecular complexity index is 969. The van der Waals surface area contributed by atoms with Gasteiger partial charge >= 0.3 is 11.9 Å². The maximum Gasteiger partial charge on any atom is 0.305 e. The first-order valence-corrected chi connectivity index (χ1v) is 27.0. The summed E-state index contributed by atoms with van der Waals surface area (Å²) in [5, 5.41) is 9.24. The molecule has 0 spiro atoms. The smallest absolute Gasteiger partial charge is 0.305 e. The molecular formula is C53H104N4O6. The number of ether oxygens (including phenoxy) is 2. The van der Waals surface area contributed by atoms with Crippen molar-refractivity contribution in [1.29, 1.82) is 0 Å². The molecule has 0 aromatic rings. The summed E-state index contributed by atoms with van der Waals surface area (Å²) in [5.74, 6) is 0.825. The Morgan fingerprint density at radius 2 is 0.730 bits per heavy atom. The Balaban J connectivity index is 4.23. The van der Waals surface area contributed by atoms with Crippen LogP contribution in [0.25, 0.3) is 0 Å². The van der Waals surface area contributed by atoms with E-state index in [1.54, 1.807) is 0 Å². The van der Waals surface area contributed by atoms with Gasteiger partial charge in [0.05, 0.1) is 13.2 Å². The van der Waals surface area contributed by atoms with Gasteiger partial charge in [0.25, 0.3) is 0 Å². The van der Waals surface area contributed by atoms with Crippen LogP contribution in [0.15, 0.2) is 0 Å². The first-order valence-electron chi connectivity index (χ1n) is 27.0. The van der Waals surface area contributed by atoms with Crippen molar-refractivity contribution in [3.63, 3.8) is 0 Å². The van der Waals surface area contributed by atoms with Crippen LogP contribution in [0.2, 0.25) is 0 Å². The van der Waals surface area contributed by atoms with Gasteiger partial charge in [-0.05, 0) is 70.3 Å². The molecule has 63 heavy (non-hydrogen) atoms. The number of nitrogens with one attached hydrogen (secondary N) is 3. The van der Waals surface area contributed by atoms with E-state index in [1.165, 1.54) is 128 Å². The lowest BCUT2D eigenvalue weighted by molar-refractivity contribution is -0.146. The van der Waals surface area contributed by atoms with E-state index < -0.39 is 0 Å². The molecule has 0 saturated heterocycles. The Morgan fingerprint density at radius 3 is 1.10 bits per heavy atom. The number of rotatable bonds is 49. The Kier molecular flexibility index (Phi) is 46.1. The first kappa shape index (κ1) is 60.8. The van der Waals surface area contributed by atoms with Crippen molar-refractivity contribution in [2.24, 2.45) is 11.8 Å². The van der Waals surface area contributed by atoms with Crippen LogP contribution in [0.1, 0.15) is 246 Å². The van der Waals surface area contributed by atoms with E-state index in [4.69, 9.17) is 9.47 Å². The third-order valence-electron chi connectivity index (χ3n) is 12.6. The predicted molar refractivity (Wildman–Crippen MR) is 265 cm³/mol. The summed E-state index contributed by atoms with van der Waals surface area (Å²) < 4.78 is 11.5. The topological polar surface area (TPSA) is 126 Å². The van der Waals surface area contributed by atoms with Gasteiger partial charge in [-0.25, -0.2) is 0 Å². The van der Waals surface area contributed by atoms with Crippen molar-refractivity contribution in [3.8, 4) is 0 Å². The summed E-state index contributed by atoms with van der Waals surface area (Å²) >= 11 is 0. The average molecular weight is 893 g/mol. The van der Waals surface area contributed by atoms with E-state index >= 15 is 0 Å². The van der Waals surface area contributed by atoms with Crippen molar-refractivity contribution in [2.75, 3.05) is 59.5 Å². The van der Waals surface area contributed by atoms with Crippen LogP contribution < -0.4 is 16.0 Å². The highest BCUT2D eigenvalue weighted by Crippen LogP contribution is 2.21. The van der Waals surface area contributed by atoms with Gasteiger partial charge in [0.1, 0.15) is 0 Å². The molecule has 0 aliphatic rings. The van der Waals surface area contributed by atoms with Crippen molar-refractivity contribution >= 4 is 23.8 Å². The van der Waals surface area contributed by atoms with Crippen LogP contribution in [-0.4, -0.2) is 88.2 Å². The number of nitrogens with zero attached hydrogens (tertiary/aromatic N) is 1. The Morgan fingerprint density at radius 1 is 0.397 bits per heavy atom. The fourth-order valence-electron chi connectivity index (χ4n) is 8.23. The molecule has 0 bridgehead atoms. The molecule has 0 aliphatic carbocycles. The molecule has 2 amide bonds. The van der Waals surface area contributed by atoms with Gasteiger partial charge in [0.2, 0.25) is 11.8 Å². The number of carbonyl (C=O) groups is 4. The van der Waals surface area contributed by atoms with Gasteiger partial charge < -0.3 is 30.3 Å². The maximum absolute atomic E-state index is 12.6. The number of amides is 2. The quantitative estimate of drug-likeness (QED) is 0.0407. The zero-order valence-corrected chi connectivity index (χ0v) is 42.2. The minimum Gasteiger partial charge on any atom is -0.465 e. The Labute approximate surface area is 389 Å². The summed E-state index contributed by atoms with van der Waals surface area (Å²) in [6.07, 6.45) is 36.9. The fourth-order valence-corrected chi connectivity index (χ4v) is 8.23. The summed E-state index contributed by atoms with van der Waals surface area (Å²) in [6.45, 7) is 14.1. The SMILES string of the molecule is CCCCCCCCC(CCCCCC)COC(=O)CCCCCNC(=O)CCN(CCNC)CCC(=O)NCCCCCC(=O)OCC(CCCCCC)CCCCCCCC. The van der Waals surface area contributed by atoms with Crippen LogP contribution in [-0.2, 0) is 28.7 Å². The molecule has 0 aromatic heterocycles. The summed E-state index contributed by atoms with van der Waals surface area (Å²) in [7, 11) is 1.91. The number of unbranched alkanes of at least 4 members (excludes halogenated alkanes) is 20. The van der Waals surface area contributed by atoms with Crippen molar-refractivity contribution in [2.45, 2.75) is 246 Å². The van der Waals surface area contributed by atoms with E-state index in [1.807, 2.05) is 7.05 Å². The molecule has 0 rings (SSSR count). The average Bonchev–Trinajstić information content (AvgIpc) is 3.28. The van der Waals surface area contributed by atoms with E-state index in [2.05, 4.69) is 48.5 Å². The highest BCUT2D eigenvalue weighted by molar-refractivity contribution is 5.76. The predicted octanol–water partition coefficient (Wildman–Crippen LogP) is 12.4. The second-order valence-corrected chi connectivity index (χ2v) is 18.7. The van der Waals surface area contributed by atoms with Gasteiger partial charge in [-0.2, -0.15) is 0 Å². The largest absolute Gasteiger partial charge is 0.465 e. The van der Waals surface area contributed by atoms with E-state index in [0.29, 0.717) is 76.9 Å². The maximum atomic E-state index is 12.6. The summed E-state index contributed by atoms with van der Waals surface area (Å²) in [5.41, 5.74) is 0. The number of esters is 2. The van der Waals surface area contributed by atoms with Gasteiger partial charge in [-0.3, -0.25) is 19.2 Å². The van der Waals surface area contributed by atoms with Gasteiger partial charge in [-0.15, -0.1) is 0 Å². The van der Waals surface area contributed by atoms with Crippen molar-refractivity contribution in [1.82, 2.24) is 20.9 Å². The third-order valence-corrected chi connectivity index (χ3v) is 12.6. The molecule has 2 unspecified atom stereocenters.